The van der Waals surface area contributed by atoms with Crippen molar-refractivity contribution in [1.82, 2.24) is 4.57 Å². The summed E-state index contributed by atoms with van der Waals surface area (Å²) in [6.45, 7) is 0. The van der Waals surface area contributed by atoms with Gasteiger partial charge in [-0.2, -0.15) is 0 Å². The number of sulfonamides is 1. The number of nitrogens with two attached hydrogens (primary N) is 1. The van der Waals surface area contributed by atoms with E-state index in [9.17, 15) is 13.2 Å². The van der Waals surface area contributed by atoms with Gasteiger partial charge in [0.15, 0.2) is 0 Å². The summed E-state index contributed by atoms with van der Waals surface area (Å²) in [5.41, 5.74) is 3.83. The zero-order valence-electron chi connectivity index (χ0n) is 16.3. The predicted octanol–water partition coefficient (Wildman–Crippen LogP) is 3.71. The monoisotopic (exact) mass is 408 g/mol. The molecule has 2 N–H and O–H groups in total. The highest BCUT2D eigenvalue weighted by atomic mass is 32.2. The normalized spacial score (nSPS) is 15.2. The molecule has 1 aliphatic carbocycles. The molecule has 1 atom stereocenters. The highest BCUT2D eigenvalue weighted by molar-refractivity contribution is 7.89. The van der Waals surface area contributed by atoms with Gasteiger partial charge in [-0.25, -0.2) is 13.6 Å². The van der Waals surface area contributed by atoms with E-state index in [1.165, 1.54) is 18.4 Å². The molecule has 1 heterocycles. The van der Waals surface area contributed by atoms with Crippen molar-refractivity contribution >= 4 is 15.8 Å². The molecule has 0 spiro atoms. The Balaban J connectivity index is 1.59. The molecule has 1 unspecified atom stereocenters. The molecule has 1 aliphatic rings. The summed E-state index contributed by atoms with van der Waals surface area (Å²) in [5.74, 6) is 0.571. The molecular weight excluding hydrogens is 384 g/mol. The first-order valence-corrected chi connectivity index (χ1v) is 11.3. The Labute approximate surface area is 171 Å². The molecule has 2 aromatic carbocycles. The Kier molecular flexibility index (Phi) is 5.15. The van der Waals surface area contributed by atoms with Gasteiger partial charge in [-0.05, 0) is 42.0 Å². The van der Waals surface area contributed by atoms with Gasteiger partial charge in [0.1, 0.15) is 5.25 Å². The van der Waals surface area contributed by atoms with Gasteiger partial charge in [0.2, 0.25) is 15.8 Å². The third kappa shape index (κ3) is 4.18. The van der Waals surface area contributed by atoms with Crippen LogP contribution in [0.3, 0.4) is 0 Å². The summed E-state index contributed by atoms with van der Waals surface area (Å²) in [6.07, 6.45) is 2.65. The molecular formula is C23H24N2O3S. The maximum absolute atomic E-state index is 13.0. The van der Waals surface area contributed by atoms with Gasteiger partial charge in [-0.3, -0.25) is 4.79 Å². The van der Waals surface area contributed by atoms with Crippen LogP contribution in [0.1, 0.15) is 56.9 Å². The summed E-state index contributed by atoms with van der Waals surface area (Å²) < 4.78 is 26.2. The van der Waals surface area contributed by atoms with Gasteiger partial charge in [0, 0.05) is 24.7 Å². The summed E-state index contributed by atoms with van der Waals surface area (Å²) in [6, 6.07) is 20.3. The molecule has 1 fully saturated rings. The minimum absolute atomic E-state index is 0.0760. The first-order valence-electron chi connectivity index (χ1n) is 9.70. The van der Waals surface area contributed by atoms with E-state index < -0.39 is 15.3 Å². The Morgan fingerprint density at radius 3 is 2.28 bits per heavy atom. The van der Waals surface area contributed by atoms with Crippen LogP contribution in [0.2, 0.25) is 0 Å². The van der Waals surface area contributed by atoms with Crippen molar-refractivity contribution in [2.24, 2.45) is 12.2 Å². The minimum Gasteiger partial charge on any atom is -0.345 e. The Morgan fingerprint density at radius 2 is 1.69 bits per heavy atom. The first kappa shape index (κ1) is 19.6. The van der Waals surface area contributed by atoms with Gasteiger partial charge >= 0.3 is 0 Å². The van der Waals surface area contributed by atoms with Gasteiger partial charge in [0.05, 0.1) is 5.69 Å². The minimum atomic E-state index is -3.80. The smallest absolute Gasteiger partial charge is 0.216 e. The lowest BCUT2D eigenvalue weighted by atomic mass is 10.0. The maximum atomic E-state index is 13.0. The summed E-state index contributed by atoms with van der Waals surface area (Å²) >= 11 is 0. The number of aromatic nitrogens is 1. The van der Waals surface area contributed by atoms with Crippen LogP contribution in [0.15, 0.2) is 66.7 Å². The van der Waals surface area contributed by atoms with E-state index >= 15 is 0 Å². The number of carbonyl (C=O) groups is 1. The topological polar surface area (TPSA) is 82.2 Å². The van der Waals surface area contributed by atoms with Crippen molar-refractivity contribution < 1.29 is 13.2 Å². The standard InChI is InChI=1S/C23H24N2O3S/c1-25-20(15-22(29(24,27)28)18-5-3-2-4-6-18)13-14-21(25)23(26)19-11-9-17(10-12-19)16-7-8-16/h2-6,9-14,16,22H,7-8,15H2,1H3,(H2,24,27,28). The molecule has 3 aromatic rings. The van der Waals surface area contributed by atoms with E-state index in [4.69, 9.17) is 5.14 Å². The Hall–Kier alpha value is -2.70. The van der Waals surface area contributed by atoms with Crippen molar-refractivity contribution in [3.63, 3.8) is 0 Å². The van der Waals surface area contributed by atoms with Crippen LogP contribution in [0, 0.1) is 0 Å². The number of carbonyl (C=O) groups excluding carboxylic acids is 1. The molecule has 0 saturated heterocycles. The van der Waals surface area contributed by atoms with Crippen LogP contribution >= 0.6 is 0 Å². The fourth-order valence-corrected chi connectivity index (χ4v) is 4.68. The highest BCUT2D eigenvalue weighted by Crippen LogP contribution is 2.40. The Bertz CT molecular complexity index is 1130. The molecule has 0 aliphatic heterocycles. The van der Waals surface area contributed by atoms with Crippen LogP contribution in [0.4, 0.5) is 0 Å². The van der Waals surface area contributed by atoms with Gasteiger partial charge < -0.3 is 4.57 Å². The Morgan fingerprint density at radius 1 is 1.03 bits per heavy atom. The average Bonchev–Trinajstić information content (AvgIpc) is 3.49. The van der Waals surface area contributed by atoms with Crippen LogP contribution in [-0.2, 0) is 23.5 Å². The number of primary sulfonamides is 1. The van der Waals surface area contributed by atoms with Crippen molar-refractivity contribution in [2.45, 2.75) is 30.4 Å². The van der Waals surface area contributed by atoms with Gasteiger partial charge in [-0.1, -0.05) is 54.6 Å². The summed E-state index contributed by atoms with van der Waals surface area (Å²) in [7, 11) is -2.02. The maximum Gasteiger partial charge on any atom is 0.216 e. The zero-order chi connectivity index (χ0) is 20.6. The molecule has 4 rings (SSSR count). The summed E-state index contributed by atoms with van der Waals surface area (Å²) in [4.78, 5) is 13.0. The lowest BCUT2D eigenvalue weighted by molar-refractivity contribution is 0.103. The highest BCUT2D eigenvalue weighted by Gasteiger charge is 2.26. The van der Waals surface area contributed by atoms with E-state index in [-0.39, 0.29) is 12.2 Å². The van der Waals surface area contributed by atoms with E-state index in [1.807, 2.05) is 30.3 Å². The summed E-state index contributed by atoms with van der Waals surface area (Å²) in [5, 5.41) is 4.64. The van der Waals surface area contributed by atoms with E-state index in [0.717, 1.165) is 5.69 Å². The van der Waals surface area contributed by atoms with Crippen molar-refractivity contribution in [3.8, 4) is 0 Å². The zero-order valence-corrected chi connectivity index (χ0v) is 17.1. The SMILES string of the molecule is Cn1c(CC(c2ccccc2)S(N)(=O)=O)ccc1C(=O)c1ccc(C2CC2)cc1. The second-order valence-corrected chi connectivity index (χ2v) is 9.43. The van der Waals surface area contributed by atoms with Crippen molar-refractivity contribution in [1.29, 1.82) is 0 Å². The molecule has 0 bridgehead atoms. The second-order valence-electron chi connectivity index (χ2n) is 7.69. The largest absolute Gasteiger partial charge is 0.345 e. The van der Waals surface area contributed by atoms with E-state index in [2.05, 4.69) is 0 Å². The number of ketones is 1. The van der Waals surface area contributed by atoms with Crippen molar-refractivity contribution in [3.05, 3.63) is 94.8 Å². The lowest BCUT2D eigenvalue weighted by Crippen LogP contribution is -2.24. The first-order chi connectivity index (χ1) is 13.8. The molecule has 1 saturated carbocycles. The molecule has 0 amide bonds. The van der Waals surface area contributed by atoms with Gasteiger partial charge in [0.25, 0.3) is 0 Å². The molecule has 29 heavy (non-hydrogen) atoms. The molecule has 5 nitrogen and oxygen atoms in total. The lowest BCUT2D eigenvalue weighted by Gasteiger charge is -2.16. The number of hydrogen-bond donors (Lipinski definition) is 1. The third-order valence-electron chi connectivity index (χ3n) is 5.64. The van der Waals surface area contributed by atoms with Crippen LogP contribution in [0.5, 0.6) is 0 Å². The van der Waals surface area contributed by atoms with E-state index in [0.29, 0.717) is 22.7 Å². The number of hydrogen-bond acceptors (Lipinski definition) is 3. The predicted molar refractivity (Wildman–Crippen MR) is 113 cm³/mol. The molecule has 1 aromatic heterocycles. The number of nitrogens with zero attached hydrogens (tertiary/aromatic N) is 1. The van der Waals surface area contributed by atoms with Gasteiger partial charge in [-0.15, -0.1) is 0 Å². The van der Waals surface area contributed by atoms with Crippen LogP contribution in [-0.4, -0.2) is 18.8 Å². The second kappa shape index (κ2) is 7.61. The fourth-order valence-electron chi connectivity index (χ4n) is 3.74. The number of benzene rings is 2. The molecule has 150 valence electrons. The van der Waals surface area contributed by atoms with E-state index in [1.54, 1.807) is 48.0 Å². The van der Waals surface area contributed by atoms with Crippen LogP contribution < -0.4 is 5.14 Å². The molecule has 0 radical (unpaired) electrons. The quantitative estimate of drug-likeness (QED) is 0.605. The molecule has 6 heteroatoms. The van der Waals surface area contributed by atoms with Crippen LogP contribution in [0.25, 0.3) is 0 Å². The van der Waals surface area contributed by atoms with Crippen molar-refractivity contribution in [2.75, 3.05) is 0 Å². The number of rotatable bonds is 7. The third-order valence-corrected chi connectivity index (χ3v) is 6.87. The average molecular weight is 409 g/mol. The fraction of sp³-hybridized carbons (Fsp3) is 0.261.